The van der Waals surface area contributed by atoms with Gasteiger partial charge in [0.2, 0.25) is 11.8 Å². The van der Waals surface area contributed by atoms with Crippen molar-refractivity contribution < 1.29 is 31.9 Å². The molecule has 0 saturated carbocycles. The van der Waals surface area contributed by atoms with E-state index in [9.17, 15) is 22.4 Å². The maximum Gasteiger partial charge on any atom is 0.264 e. The molecular formula is C31H35ClFN3O6S. The highest BCUT2D eigenvalue weighted by atomic mass is 35.5. The summed E-state index contributed by atoms with van der Waals surface area (Å²) in [4.78, 5) is 28.7. The third kappa shape index (κ3) is 7.77. The average Bonchev–Trinajstić information content (AvgIpc) is 3.00. The highest BCUT2D eigenvalue weighted by molar-refractivity contribution is 7.92. The molecule has 12 heteroatoms. The molecule has 1 heterocycles. The fourth-order valence-electron chi connectivity index (χ4n) is 4.59. The largest absolute Gasteiger partial charge is 0.486 e. The summed E-state index contributed by atoms with van der Waals surface area (Å²) in [5.74, 6) is -0.866. The summed E-state index contributed by atoms with van der Waals surface area (Å²) in [7, 11) is -4.37. The predicted molar refractivity (Wildman–Crippen MR) is 162 cm³/mol. The first-order chi connectivity index (χ1) is 20.5. The first-order valence-corrected chi connectivity index (χ1v) is 15.9. The third-order valence-corrected chi connectivity index (χ3v) is 9.17. The van der Waals surface area contributed by atoms with Crippen molar-refractivity contribution in [1.29, 1.82) is 0 Å². The van der Waals surface area contributed by atoms with Crippen LogP contribution in [0.5, 0.6) is 11.5 Å². The van der Waals surface area contributed by atoms with Crippen LogP contribution in [0.25, 0.3) is 0 Å². The number of hydrogen-bond acceptors (Lipinski definition) is 6. The maximum absolute atomic E-state index is 14.1. The van der Waals surface area contributed by atoms with Gasteiger partial charge in [-0.05, 0) is 73.9 Å². The van der Waals surface area contributed by atoms with Crippen molar-refractivity contribution in [3.8, 4) is 11.5 Å². The standard InChI is InChI=1S/C31H35ClFN3O6S/c1-4-21(3)34-31(38)27(5-2)35(19-22-6-8-23(32)9-7-22)30(37)20-36(25-12-10-24(33)11-13-25)43(39,40)26-14-15-28-29(18-26)42-17-16-41-28/h6-15,18,21,27H,4-5,16-17,19-20H2,1-3H3,(H,34,38). The van der Waals surface area contributed by atoms with Gasteiger partial charge in [0.25, 0.3) is 10.0 Å². The Morgan fingerprint density at radius 3 is 2.23 bits per heavy atom. The van der Waals surface area contributed by atoms with Crippen molar-refractivity contribution in [2.45, 2.75) is 57.1 Å². The molecule has 0 bridgehead atoms. The van der Waals surface area contributed by atoms with Gasteiger partial charge in [0.1, 0.15) is 31.6 Å². The van der Waals surface area contributed by atoms with Gasteiger partial charge in [0, 0.05) is 23.7 Å². The van der Waals surface area contributed by atoms with Crippen molar-refractivity contribution in [1.82, 2.24) is 10.2 Å². The molecule has 9 nitrogen and oxygen atoms in total. The second kappa shape index (κ2) is 14.1. The molecule has 0 aromatic heterocycles. The smallest absolute Gasteiger partial charge is 0.264 e. The summed E-state index contributed by atoms with van der Waals surface area (Å²) < 4.78 is 54.1. The number of amides is 2. The van der Waals surface area contributed by atoms with Crippen LogP contribution in [0, 0.1) is 5.82 Å². The zero-order valence-corrected chi connectivity index (χ0v) is 25.8. The Morgan fingerprint density at radius 2 is 1.60 bits per heavy atom. The number of benzene rings is 3. The van der Waals surface area contributed by atoms with Gasteiger partial charge in [0.15, 0.2) is 11.5 Å². The number of sulfonamides is 1. The molecule has 2 amide bonds. The van der Waals surface area contributed by atoms with Crippen LogP contribution in [-0.4, -0.2) is 57.0 Å². The molecule has 4 rings (SSSR count). The van der Waals surface area contributed by atoms with Crippen LogP contribution in [0.1, 0.15) is 39.2 Å². The number of fused-ring (bicyclic) bond motifs is 1. The normalized spacial score (nSPS) is 14.0. The Hall–Kier alpha value is -3.83. The molecule has 1 aliphatic heterocycles. The molecule has 0 radical (unpaired) electrons. The fourth-order valence-corrected chi connectivity index (χ4v) is 6.15. The lowest BCUT2D eigenvalue weighted by Crippen LogP contribution is -2.53. The number of halogens is 2. The van der Waals surface area contributed by atoms with E-state index in [1.807, 2.05) is 13.8 Å². The molecule has 1 aliphatic rings. The molecule has 0 saturated heterocycles. The van der Waals surface area contributed by atoms with Gasteiger partial charge in [-0.25, -0.2) is 12.8 Å². The van der Waals surface area contributed by atoms with E-state index < -0.39 is 34.3 Å². The topological polar surface area (TPSA) is 105 Å². The molecule has 2 atom stereocenters. The number of rotatable bonds is 12. The molecule has 230 valence electrons. The Bertz CT molecular complexity index is 1540. The number of nitrogens with one attached hydrogen (secondary N) is 1. The Morgan fingerprint density at radius 1 is 0.953 bits per heavy atom. The lowest BCUT2D eigenvalue weighted by atomic mass is 10.1. The van der Waals surface area contributed by atoms with E-state index in [4.69, 9.17) is 21.1 Å². The average molecular weight is 632 g/mol. The van der Waals surface area contributed by atoms with Crippen molar-refractivity contribution in [2.24, 2.45) is 0 Å². The molecule has 1 N–H and O–H groups in total. The summed E-state index contributed by atoms with van der Waals surface area (Å²) in [5.41, 5.74) is 0.781. The lowest BCUT2D eigenvalue weighted by molar-refractivity contribution is -0.140. The summed E-state index contributed by atoms with van der Waals surface area (Å²) in [6.45, 7) is 5.56. The number of carbonyl (C=O) groups is 2. The maximum atomic E-state index is 14.1. The van der Waals surface area contributed by atoms with Crippen LogP contribution in [0.4, 0.5) is 10.1 Å². The molecule has 3 aromatic carbocycles. The number of ether oxygens (including phenoxy) is 2. The first kappa shape index (κ1) is 32.1. The van der Waals surface area contributed by atoms with Gasteiger partial charge in [-0.15, -0.1) is 0 Å². The minimum Gasteiger partial charge on any atom is -0.486 e. The highest BCUT2D eigenvalue weighted by Gasteiger charge is 2.34. The van der Waals surface area contributed by atoms with Gasteiger partial charge in [0.05, 0.1) is 10.6 Å². The van der Waals surface area contributed by atoms with Crippen molar-refractivity contribution >= 4 is 39.1 Å². The number of nitrogens with zero attached hydrogens (tertiary/aromatic N) is 2. The number of hydrogen-bond donors (Lipinski definition) is 1. The molecule has 0 spiro atoms. The molecule has 0 aliphatic carbocycles. The second-order valence-electron chi connectivity index (χ2n) is 10.2. The summed E-state index contributed by atoms with van der Waals surface area (Å²) >= 11 is 6.06. The Labute approximate surface area is 256 Å². The summed E-state index contributed by atoms with van der Waals surface area (Å²) in [6, 6.07) is 14.8. The summed E-state index contributed by atoms with van der Waals surface area (Å²) in [5, 5.41) is 3.44. The Kier molecular flexibility index (Phi) is 10.5. The minimum atomic E-state index is -4.37. The summed E-state index contributed by atoms with van der Waals surface area (Å²) in [6.07, 6.45) is 0.979. The van der Waals surface area contributed by atoms with Crippen molar-refractivity contribution in [3.05, 3.63) is 83.1 Å². The highest BCUT2D eigenvalue weighted by Crippen LogP contribution is 2.34. The molecule has 43 heavy (non-hydrogen) atoms. The van der Waals surface area contributed by atoms with E-state index in [2.05, 4.69) is 5.32 Å². The fraction of sp³-hybridized carbons (Fsp3) is 0.355. The van der Waals surface area contributed by atoms with Crippen LogP contribution in [0.15, 0.2) is 71.6 Å². The van der Waals surface area contributed by atoms with E-state index >= 15 is 0 Å². The predicted octanol–water partition coefficient (Wildman–Crippen LogP) is 5.17. The second-order valence-corrected chi connectivity index (χ2v) is 12.5. The van der Waals surface area contributed by atoms with Crippen LogP contribution in [0.3, 0.4) is 0 Å². The van der Waals surface area contributed by atoms with Crippen LogP contribution in [-0.2, 0) is 26.2 Å². The van der Waals surface area contributed by atoms with E-state index in [1.54, 1.807) is 31.2 Å². The molecule has 0 fully saturated rings. The van der Waals surface area contributed by atoms with Crippen molar-refractivity contribution in [2.75, 3.05) is 24.1 Å². The van der Waals surface area contributed by atoms with Crippen LogP contribution >= 0.6 is 11.6 Å². The van der Waals surface area contributed by atoms with Gasteiger partial charge in [-0.2, -0.15) is 0 Å². The zero-order chi connectivity index (χ0) is 31.1. The SMILES string of the molecule is CCC(C)NC(=O)C(CC)N(Cc1ccc(Cl)cc1)C(=O)CN(c1ccc(F)cc1)S(=O)(=O)c1ccc2c(c1)OCCO2. The van der Waals surface area contributed by atoms with E-state index in [1.165, 1.54) is 35.2 Å². The van der Waals surface area contributed by atoms with Crippen molar-refractivity contribution in [3.63, 3.8) is 0 Å². The quantitative estimate of drug-likeness (QED) is 0.296. The minimum absolute atomic E-state index is 0.0315. The monoisotopic (exact) mass is 631 g/mol. The first-order valence-electron chi connectivity index (χ1n) is 14.1. The van der Waals surface area contributed by atoms with Crippen LogP contribution < -0.4 is 19.1 Å². The van der Waals surface area contributed by atoms with Gasteiger partial charge in [-0.1, -0.05) is 37.6 Å². The zero-order valence-electron chi connectivity index (χ0n) is 24.3. The van der Waals surface area contributed by atoms with E-state index in [0.717, 1.165) is 16.4 Å². The Balaban J connectivity index is 1.74. The van der Waals surface area contributed by atoms with Crippen LogP contribution in [0.2, 0.25) is 5.02 Å². The van der Waals surface area contributed by atoms with Gasteiger partial charge in [-0.3, -0.25) is 13.9 Å². The molecule has 2 unspecified atom stereocenters. The van der Waals surface area contributed by atoms with E-state index in [-0.39, 0.29) is 47.9 Å². The molecule has 3 aromatic rings. The lowest BCUT2D eigenvalue weighted by Gasteiger charge is -2.33. The third-order valence-electron chi connectivity index (χ3n) is 7.15. The number of anilines is 1. The molecular weight excluding hydrogens is 597 g/mol. The van der Waals surface area contributed by atoms with Gasteiger partial charge < -0.3 is 19.7 Å². The van der Waals surface area contributed by atoms with Gasteiger partial charge >= 0.3 is 0 Å². The number of carbonyl (C=O) groups excluding carboxylic acids is 2. The van der Waals surface area contributed by atoms with E-state index in [0.29, 0.717) is 29.4 Å².